The predicted molar refractivity (Wildman–Crippen MR) is 93.8 cm³/mol. The van der Waals surface area contributed by atoms with Gasteiger partial charge in [0.05, 0.1) is 18.5 Å². The quantitative estimate of drug-likeness (QED) is 0.854. The Kier molecular flexibility index (Phi) is 4.46. The van der Waals surface area contributed by atoms with Crippen LogP contribution < -0.4 is 9.75 Å². The van der Waals surface area contributed by atoms with E-state index in [9.17, 15) is 19.1 Å². The highest BCUT2D eigenvalue weighted by molar-refractivity contribution is 6.18. The van der Waals surface area contributed by atoms with Gasteiger partial charge in [0.1, 0.15) is 11.6 Å². The van der Waals surface area contributed by atoms with Crippen molar-refractivity contribution < 1.29 is 23.8 Å². The Bertz CT molecular complexity index is 895. The molecule has 0 radical (unpaired) electrons. The molecule has 134 valence electrons. The highest BCUT2D eigenvalue weighted by Crippen LogP contribution is 2.35. The molecule has 2 aromatic rings. The second kappa shape index (κ2) is 6.59. The molecule has 0 fully saturated rings. The summed E-state index contributed by atoms with van der Waals surface area (Å²) in [6.45, 7) is 1.35. The van der Waals surface area contributed by atoms with Crippen LogP contribution in [0.3, 0.4) is 0 Å². The number of halogens is 1. The van der Waals surface area contributed by atoms with Gasteiger partial charge < -0.3 is 9.84 Å². The first kappa shape index (κ1) is 17.6. The lowest BCUT2D eigenvalue weighted by Gasteiger charge is -2.34. The third-order valence-corrected chi connectivity index (χ3v) is 4.35. The van der Waals surface area contributed by atoms with Crippen LogP contribution in [0.4, 0.5) is 10.1 Å². The third kappa shape index (κ3) is 3.03. The second-order valence-corrected chi connectivity index (χ2v) is 6.19. The SMILES string of the molecule is COc1ccc(C2=NN(c3cccc(F)c3)C(=O)C(C)(C(=O)O)C2)cc1. The summed E-state index contributed by atoms with van der Waals surface area (Å²) in [7, 11) is 1.54. The Morgan fingerprint density at radius 3 is 2.54 bits per heavy atom. The Hall–Kier alpha value is -3.22. The maximum Gasteiger partial charge on any atom is 0.319 e. The minimum Gasteiger partial charge on any atom is -0.497 e. The number of benzene rings is 2. The summed E-state index contributed by atoms with van der Waals surface area (Å²) in [5.41, 5.74) is -0.453. The van der Waals surface area contributed by atoms with Crippen LogP contribution in [0.2, 0.25) is 0 Å². The molecule has 26 heavy (non-hydrogen) atoms. The fraction of sp³-hybridized carbons (Fsp3) is 0.211. The van der Waals surface area contributed by atoms with Gasteiger partial charge in [0.25, 0.3) is 5.91 Å². The van der Waals surface area contributed by atoms with E-state index in [0.29, 0.717) is 17.0 Å². The zero-order valence-corrected chi connectivity index (χ0v) is 14.3. The van der Waals surface area contributed by atoms with Crippen molar-refractivity contribution in [1.82, 2.24) is 0 Å². The number of carboxylic acids is 1. The number of hydrogen-bond donors (Lipinski definition) is 1. The minimum absolute atomic E-state index is 0.0701. The molecular weight excluding hydrogens is 339 g/mol. The maximum atomic E-state index is 13.6. The molecule has 1 unspecified atom stereocenters. The highest BCUT2D eigenvalue weighted by Gasteiger charge is 2.48. The Labute approximate surface area is 149 Å². The first-order valence-electron chi connectivity index (χ1n) is 7.90. The molecule has 0 aliphatic carbocycles. The Morgan fingerprint density at radius 2 is 1.96 bits per heavy atom. The van der Waals surface area contributed by atoms with E-state index in [2.05, 4.69) is 5.10 Å². The number of amides is 1. The summed E-state index contributed by atoms with van der Waals surface area (Å²) in [6, 6.07) is 12.2. The Balaban J connectivity index is 2.11. The van der Waals surface area contributed by atoms with Gasteiger partial charge in [0.15, 0.2) is 5.41 Å². The van der Waals surface area contributed by atoms with Gasteiger partial charge in [-0.15, -0.1) is 0 Å². The van der Waals surface area contributed by atoms with Crippen molar-refractivity contribution in [3.05, 3.63) is 59.9 Å². The monoisotopic (exact) mass is 356 g/mol. The molecule has 1 heterocycles. The first-order chi connectivity index (χ1) is 12.3. The highest BCUT2D eigenvalue weighted by atomic mass is 19.1. The van der Waals surface area contributed by atoms with Crippen LogP contribution in [-0.2, 0) is 9.59 Å². The molecule has 1 amide bonds. The number of aliphatic carboxylic acids is 1. The van der Waals surface area contributed by atoms with Crippen molar-refractivity contribution in [3.63, 3.8) is 0 Å². The number of hydrazone groups is 1. The van der Waals surface area contributed by atoms with Crippen molar-refractivity contribution in [2.75, 3.05) is 12.1 Å². The van der Waals surface area contributed by atoms with Crippen LogP contribution in [0.25, 0.3) is 0 Å². The summed E-state index contributed by atoms with van der Waals surface area (Å²) in [5, 5.41) is 14.9. The smallest absolute Gasteiger partial charge is 0.319 e. The molecule has 2 aromatic carbocycles. The zero-order valence-electron chi connectivity index (χ0n) is 14.3. The molecule has 1 atom stereocenters. The van der Waals surface area contributed by atoms with Gasteiger partial charge in [-0.3, -0.25) is 9.59 Å². The molecule has 3 rings (SSSR count). The van der Waals surface area contributed by atoms with E-state index < -0.39 is 23.1 Å². The molecule has 0 aromatic heterocycles. The van der Waals surface area contributed by atoms with E-state index in [1.807, 2.05) is 0 Å². The normalized spacial score (nSPS) is 19.9. The van der Waals surface area contributed by atoms with Crippen molar-refractivity contribution >= 4 is 23.3 Å². The van der Waals surface area contributed by atoms with Crippen molar-refractivity contribution in [3.8, 4) is 5.75 Å². The van der Waals surface area contributed by atoms with E-state index >= 15 is 0 Å². The molecular formula is C19H17FN2O4. The molecule has 6 nitrogen and oxygen atoms in total. The van der Waals surface area contributed by atoms with E-state index in [4.69, 9.17) is 4.74 Å². The van der Waals surface area contributed by atoms with Gasteiger partial charge in [0.2, 0.25) is 0 Å². The number of nitrogens with zero attached hydrogens (tertiary/aromatic N) is 2. The molecule has 0 spiro atoms. The number of hydrogen-bond acceptors (Lipinski definition) is 4. The molecule has 0 bridgehead atoms. The van der Waals surface area contributed by atoms with Crippen molar-refractivity contribution in [1.29, 1.82) is 0 Å². The van der Waals surface area contributed by atoms with Crippen molar-refractivity contribution in [2.24, 2.45) is 10.5 Å². The summed E-state index contributed by atoms with van der Waals surface area (Å²) >= 11 is 0. The van der Waals surface area contributed by atoms with E-state index in [0.717, 1.165) is 11.1 Å². The Morgan fingerprint density at radius 1 is 1.27 bits per heavy atom. The molecule has 1 N–H and O–H groups in total. The lowest BCUT2D eigenvalue weighted by molar-refractivity contribution is -0.153. The zero-order chi connectivity index (χ0) is 18.9. The van der Waals surface area contributed by atoms with Crippen LogP contribution in [0.15, 0.2) is 53.6 Å². The van der Waals surface area contributed by atoms with E-state index in [1.165, 1.54) is 25.1 Å². The van der Waals surface area contributed by atoms with Gasteiger partial charge in [-0.1, -0.05) is 6.07 Å². The van der Waals surface area contributed by atoms with Crippen LogP contribution in [0, 0.1) is 11.2 Å². The fourth-order valence-electron chi connectivity index (χ4n) is 2.74. The second-order valence-electron chi connectivity index (χ2n) is 6.19. The number of methoxy groups -OCH3 is 1. The van der Waals surface area contributed by atoms with Crippen LogP contribution in [0.5, 0.6) is 5.75 Å². The van der Waals surface area contributed by atoms with Gasteiger partial charge in [0, 0.05) is 6.42 Å². The van der Waals surface area contributed by atoms with E-state index in [1.54, 1.807) is 31.4 Å². The molecule has 0 saturated heterocycles. The number of ether oxygens (including phenoxy) is 1. The summed E-state index contributed by atoms with van der Waals surface area (Å²) in [4.78, 5) is 24.6. The topological polar surface area (TPSA) is 79.2 Å². The summed E-state index contributed by atoms with van der Waals surface area (Å²) < 4.78 is 18.7. The number of rotatable bonds is 4. The molecule has 0 saturated carbocycles. The average molecular weight is 356 g/mol. The maximum absolute atomic E-state index is 13.6. The number of carboxylic acid groups (broad SMARTS) is 1. The number of anilines is 1. The molecule has 1 aliphatic rings. The van der Waals surface area contributed by atoms with Gasteiger partial charge >= 0.3 is 5.97 Å². The van der Waals surface area contributed by atoms with E-state index in [-0.39, 0.29) is 12.1 Å². The number of carbonyl (C=O) groups is 2. The summed E-state index contributed by atoms with van der Waals surface area (Å²) in [6.07, 6.45) is -0.0701. The predicted octanol–water partition coefficient (Wildman–Crippen LogP) is 3.07. The number of carbonyl (C=O) groups excluding carboxylic acids is 1. The minimum atomic E-state index is -1.71. The van der Waals surface area contributed by atoms with Gasteiger partial charge in [-0.2, -0.15) is 10.1 Å². The van der Waals surface area contributed by atoms with Gasteiger partial charge in [-0.25, -0.2) is 4.39 Å². The van der Waals surface area contributed by atoms with Crippen LogP contribution in [-0.4, -0.2) is 29.8 Å². The van der Waals surface area contributed by atoms with Gasteiger partial charge in [-0.05, 0) is 55.0 Å². The van der Waals surface area contributed by atoms with Crippen LogP contribution in [0.1, 0.15) is 18.9 Å². The molecule has 7 heteroatoms. The average Bonchev–Trinajstić information content (AvgIpc) is 2.64. The third-order valence-electron chi connectivity index (χ3n) is 4.35. The first-order valence-corrected chi connectivity index (χ1v) is 7.90. The summed E-state index contributed by atoms with van der Waals surface area (Å²) in [5.74, 6) is -1.87. The van der Waals surface area contributed by atoms with Crippen molar-refractivity contribution in [2.45, 2.75) is 13.3 Å². The fourth-order valence-corrected chi connectivity index (χ4v) is 2.74. The standard InChI is InChI=1S/C19H17FN2O4/c1-19(18(24)25)11-16(12-6-8-15(26-2)9-7-12)21-22(17(19)23)14-5-3-4-13(20)10-14/h3-10H,11H2,1-2H3,(H,24,25). The lowest BCUT2D eigenvalue weighted by Crippen LogP contribution is -2.50. The lowest BCUT2D eigenvalue weighted by atomic mass is 9.80. The van der Waals surface area contributed by atoms with Crippen LogP contribution >= 0.6 is 0 Å². The largest absolute Gasteiger partial charge is 0.497 e. The molecule has 1 aliphatic heterocycles.